The standard InChI is InChI=1S/C12H13FN4O2S/c13-9-4-2-1-3-8(9)6-15-10(18)7-20-12-17-16-11(5-14)19-12/h1-4H,5-7,14H2,(H,15,18). The average Bonchev–Trinajstić information content (AvgIpc) is 2.92. The zero-order valence-electron chi connectivity index (χ0n) is 10.5. The summed E-state index contributed by atoms with van der Waals surface area (Å²) in [6.07, 6.45) is 0. The highest BCUT2D eigenvalue weighted by Gasteiger charge is 2.09. The Morgan fingerprint density at radius 3 is 2.90 bits per heavy atom. The van der Waals surface area contributed by atoms with E-state index in [4.69, 9.17) is 10.2 Å². The first kappa shape index (κ1) is 14.5. The first-order valence-electron chi connectivity index (χ1n) is 5.84. The number of thioether (sulfide) groups is 1. The number of carbonyl (C=O) groups excluding carboxylic acids is 1. The fourth-order valence-electron chi connectivity index (χ4n) is 1.39. The van der Waals surface area contributed by atoms with Crippen LogP contribution in [0.1, 0.15) is 11.5 Å². The van der Waals surface area contributed by atoms with E-state index in [1.165, 1.54) is 6.07 Å². The lowest BCUT2D eigenvalue weighted by molar-refractivity contribution is -0.118. The maximum Gasteiger partial charge on any atom is 0.277 e. The van der Waals surface area contributed by atoms with Crippen LogP contribution in [0.2, 0.25) is 0 Å². The third-order valence-electron chi connectivity index (χ3n) is 2.38. The lowest BCUT2D eigenvalue weighted by Gasteiger charge is -2.05. The Bertz CT molecular complexity index is 590. The lowest BCUT2D eigenvalue weighted by Crippen LogP contribution is -2.25. The average molecular weight is 296 g/mol. The molecule has 3 N–H and O–H groups in total. The molecule has 6 nitrogen and oxygen atoms in total. The van der Waals surface area contributed by atoms with Gasteiger partial charge in [0.25, 0.3) is 5.22 Å². The van der Waals surface area contributed by atoms with Crippen molar-refractivity contribution in [3.63, 3.8) is 0 Å². The topological polar surface area (TPSA) is 94.0 Å². The van der Waals surface area contributed by atoms with Crippen molar-refractivity contribution in [3.8, 4) is 0 Å². The summed E-state index contributed by atoms with van der Waals surface area (Å²) in [7, 11) is 0. The van der Waals surface area contributed by atoms with Gasteiger partial charge >= 0.3 is 0 Å². The number of amides is 1. The van der Waals surface area contributed by atoms with Crippen LogP contribution < -0.4 is 11.1 Å². The zero-order chi connectivity index (χ0) is 14.4. The van der Waals surface area contributed by atoms with Crippen LogP contribution >= 0.6 is 11.8 Å². The number of hydrogen-bond acceptors (Lipinski definition) is 6. The Morgan fingerprint density at radius 2 is 2.20 bits per heavy atom. The van der Waals surface area contributed by atoms with Gasteiger partial charge in [0, 0.05) is 12.1 Å². The molecule has 0 spiro atoms. The summed E-state index contributed by atoms with van der Waals surface area (Å²) in [6, 6.07) is 6.28. The van der Waals surface area contributed by atoms with Crippen molar-refractivity contribution in [1.82, 2.24) is 15.5 Å². The van der Waals surface area contributed by atoms with E-state index in [-0.39, 0.29) is 35.8 Å². The molecule has 8 heteroatoms. The van der Waals surface area contributed by atoms with Gasteiger partial charge in [-0.3, -0.25) is 4.79 Å². The molecule has 0 saturated carbocycles. The molecule has 0 aliphatic rings. The van der Waals surface area contributed by atoms with Crippen molar-refractivity contribution in [1.29, 1.82) is 0 Å². The van der Waals surface area contributed by atoms with E-state index in [2.05, 4.69) is 15.5 Å². The normalized spacial score (nSPS) is 10.5. The molecule has 0 saturated heterocycles. The summed E-state index contributed by atoms with van der Waals surface area (Å²) >= 11 is 1.10. The Kier molecular flexibility index (Phi) is 5.08. The zero-order valence-corrected chi connectivity index (χ0v) is 11.3. The number of rotatable bonds is 6. The predicted molar refractivity (Wildman–Crippen MR) is 71.2 cm³/mol. The second-order valence-electron chi connectivity index (χ2n) is 3.82. The van der Waals surface area contributed by atoms with E-state index < -0.39 is 0 Å². The Labute approximate surface area is 118 Å². The maximum absolute atomic E-state index is 13.3. The third-order valence-corrected chi connectivity index (χ3v) is 3.20. The van der Waals surface area contributed by atoms with Crippen molar-refractivity contribution < 1.29 is 13.6 Å². The van der Waals surface area contributed by atoms with E-state index in [0.717, 1.165) is 11.8 Å². The fourth-order valence-corrected chi connectivity index (χ4v) is 2.00. The molecule has 20 heavy (non-hydrogen) atoms. The van der Waals surface area contributed by atoms with Gasteiger partial charge < -0.3 is 15.5 Å². The van der Waals surface area contributed by atoms with Crippen molar-refractivity contribution in [2.24, 2.45) is 5.73 Å². The molecule has 1 heterocycles. The Balaban J connectivity index is 1.77. The van der Waals surface area contributed by atoms with Gasteiger partial charge in [0.2, 0.25) is 11.8 Å². The summed E-state index contributed by atoms with van der Waals surface area (Å²) in [5, 5.41) is 10.3. The quantitative estimate of drug-likeness (QED) is 0.775. The van der Waals surface area contributed by atoms with Crippen LogP contribution in [0.3, 0.4) is 0 Å². The first-order valence-corrected chi connectivity index (χ1v) is 6.83. The van der Waals surface area contributed by atoms with Crippen LogP contribution in [0.15, 0.2) is 33.9 Å². The molecule has 2 aromatic rings. The number of carbonyl (C=O) groups is 1. The van der Waals surface area contributed by atoms with Gasteiger partial charge in [-0.05, 0) is 6.07 Å². The molecular formula is C12H13FN4O2S. The van der Waals surface area contributed by atoms with Crippen LogP contribution in [0.5, 0.6) is 0 Å². The number of halogens is 1. The van der Waals surface area contributed by atoms with E-state index >= 15 is 0 Å². The molecule has 0 radical (unpaired) electrons. The van der Waals surface area contributed by atoms with Gasteiger partial charge in [-0.25, -0.2) is 4.39 Å². The monoisotopic (exact) mass is 296 g/mol. The molecule has 106 valence electrons. The lowest BCUT2D eigenvalue weighted by atomic mass is 10.2. The molecule has 0 atom stereocenters. The van der Waals surface area contributed by atoms with Crippen LogP contribution in [-0.4, -0.2) is 21.9 Å². The Hall–Kier alpha value is -1.93. The summed E-state index contributed by atoms with van der Waals surface area (Å²) in [5.74, 6) is -0.157. The molecule has 0 aliphatic heterocycles. The van der Waals surface area contributed by atoms with Gasteiger partial charge in [-0.1, -0.05) is 30.0 Å². The number of benzene rings is 1. The summed E-state index contributed by atoms with van der Waals surface area (Å²) in [4.78, 5) is 11.6. The van der Waals surface area contributed by atoms with Gasteiger partial charge in [0.15, 0.2) is 0 Å². The fraction of sp³-hybridized carbons (Fsp3) is 0.250. The molecule has 1 aromatic heterocycles. The van der Waals surface area contributed by atoms with Crippen LogP contribution in [0, 0.1) is 5.82 Å². The molecule has 1 amide bonds. The molecule has 1 aromatic carbocycles. The SMILES string of the molecule is NCc1nnc(SCC(=O)NCc2ccccc2F)o1. The van der Waals surface area contributed by atoms with Crippen molar-refractivity contribution >= 4 is 17.7 Å². The van der Waals surface area contributed by atoms with Crippen LogP contribution in [-0.2, 0) is 17.9 Å². The Morgan fingerprint density at radius 1 is 1.40 bits per heavy atom. The molecule has 0 aliphatic carbocycles. The van der Waals surface area contributed by atoms with Crippen LogP contribution in [0.4, 0.5) is 4.39 Å². The molecule has 2 rings (SSSR count). The van der Waals surface area contributed by atoms with E-state index in [0.29, 0.717) is 11.5 Å². The highest BCUT2D eigenvalue weighted by Crippen LogP contribution is 2.15. The highest BCUT2D eigenvalue weighted by molar-refractivity contribution is 7.99. The third kappa shape index (κ3) is 4.04. The largest absolute Gasteiger partial charge is 0.415 e. The minimum Gasteiger partial charge on any atom is -0.415 e. The minimum absolute atomic E-state index is 0.112. The van der Waals surface area contributed by atoms with Crippen LogP contribution in [0.25, 0.3) is 0 Å². The summed E-state index contributed by atoms with van der Waals surface area (Å²) in [6.45, 7) is 0.303. The van der Waals surface area contributed by atoms with Gasteiger partial charge in [0.05, 0.1) is 12.3 Å². The molecular weight excluding hydrogens is 283 g/mol. The summed E-state index contributed by atoms with van der Waals surface area (Å²) in [5.41, 5.74) is 5.76. The maximum atomic E-state index is 13.3. The molecule has 0 unspecified atom stereocenters. The van der Waals surface area contributed by atoms with Crippen molar-refractivity contribution in [3.05, 3.63) is 41.5 Å². The summed E-state index contributed by atoms with van der Waals surface area (Å²) < 4.78 is 18.5. The van der Waals surface area contributed by atoms with Gasteiger partial charge in [-0.2, -0.15) is 0 Å². The van der Waals surface area contributed by atoms with Crippen molar-refractivity contribution in [2.45, 2.75) is 18.3 Å². The number of hydrogen-bond donors (Lipinski definition) is 2. The second-order valence-corrected chi connectivity index (χ2v) is 4.75. The molecule has 0 bridgehead atoms. The minimum atomic E-state index is -0.343. The van der Waals surface area contributed by atoms with Gasteiger partial charge in [-0.15, -0.1) is 10.2 Å². The smallest absolute Gasteiger partial charge is 0.277 e. The van der Waals surface area contributed by atoms with Gasteiger partial charge in [0.1, 0.15) is 5.82 Å². The number of nitrogens with zero attached hydrogens (tertiary/aromatic N) is 2. The number of aromatic nitrogens is 2. The molecule has 0 fully saturated rings. The first-order chi connectivity index (χ1) is 9.69. The number of nitrogens with two attached hydrogens (primary N) is 1. The van der Waals surface area contributed by atoms with E-state index in [9.17, 15) is 9.18 Å². The highest BCUT2D eigenvalue weighted by atomic mass is 32.2. The van der Waals surface area contributed by atoms with E-state index in [1.807, 2.05) is 0 Å². The van der Waals surface area contributed by atoms with Crippen molar-refractivity contribution in [2.75, 3.05) is 5.75 Å². The van der Waals surface area contributed by atoms with E-state index in [1.54, 1.807) is 18.2 Å². The number of nitrogens with one attached hydrogen (secondary N) is 1. The second kappa shape index (κ2) is 7.01. The predicted octanol–water partition coefficient (Wildman–Crippen LogP) is 1.08.